The van der Waals surface area contributed by atoms with Crippen LogP contribution in [-0.4, -0.2) is 80.8 Å². The van der Waals surface area contributed by atoms with E-state index in [-0.39, 0.29) is 18.9 Å². The lowest BCUT2D eigenvalue weighted by Gasteiger charge is -2.35. The number of nitrogens with zero attached hydrogens (tertiary/aromatic N) is 2. The first-order chi connectivity index (χ1) is 18.0. The Hall–Kier alpha value is -3.79. The van der Waals surface area contributed by atoms with Crippen LogP contribution in [0.25, 0.3) is 0 Å². The van der Waals surface area contributed by atoms with Gasteiger partial charge < -0.3 is 34.6 Å². The van der Waals surface area contributed by atoms with E-state index in [9.17, 15) is 14.4 Å². The predicted molar refractivity (Wildman–Crippen MR) is 138 cm³/mol. The fourth-order valence-corrected chi connectivity index (χ4v) is 4.99. The van der Waals surface area contributed by atoms with Crippen LogP contribution in [0.1, 0.15) is 24.9 Å². The summed E-state index contributed by atoms with van der Waals surface area (Å²) in [5.41, 5.74) is 1.27. The molecule has 2 aromatic carbocycles. The van der Waals surface area contributed by atoms with Gasteiger partial charge in [0, 0.05) is 31.9 Å². The number of likely N-dealkylation sites (tertiary alicyclic amines) is 1. The molecule has 3 atom stereocenters. The summed E-state index contributed by atoms with van der Waals surface area (Å²) < 4.78 is 15.9. The second-order valence-corrected chi connectivity index (χ2v) is 8.97. The molecule has 37 heavy (non-hydrogen) atoms. The van der Waals surface area contributed by atoms with Crippen molar-refractivity contribution in [2.45, 2.75) is 25.4 Å². The highest BCUT2D eigenvalue weighted by Gasteiger charge is 2.52. The van der Waals surface area contributed by atoms with Crippen molar-refractivity contribution in [3.05, 3.63) is 54.1 Å². The minimum atomic E-state index is -0.821. The molecular weight excluding hydrogens is 476 g/mol. The molecule has 2 aliphatic heterocycles. The van der Waals surface area contributed by atoms with E-state index in [1.807, 2.05) is 12.1 Å². The van der Waals surface area contributed by atoms with Crippen molar-refractivity contribution < 1.29 is 28.6 Å². The van der Waals surface area contributed by atoms with Crippen molar-refractivity contribution in [3.63, 3.8) is 0 Å². The zero-order chi connectivity index (χ0) is 26.4. The van der Waals surface area contributed by atoms with Crippen LogP contribution in [0.5, 0.6) is 11.5 Å². The summed E-state index contributed by atoms with van der Waals surface area (Å²) in [7, 11) is 3.14. The topological polar surface area (TPSA) is 109 Å². The second-order valence-electron chi connectivity index (χ2n) is 8.97. The molecule has 10 nitrogen and oxygen atoms in total. The first kappa shape index (κ1) is 26.3. The molecule has 2 fully saturated rings. The number of piperazine rings is 1. The third-order valence-electron chi connectivity index (χ3n) is 6.83. The van der Waals surface area contributed by atoms with Crippen molar-refractivity contribution in [2.75, 3.05) is 52.3 Å². The Balaban J connectivity index is 1.72. The van der Waals surface area contributed by atoms with Crippen molar-refractivity contribution in [1.82, 2.24) is 15.1 Å². The Labute approximate surface area is 216 Å². The third kappa shape index (κ3) is 5.80. The number of ether oxygens (including phenoxy) is 3. The Morgan fingerprint density at radius 3 is 2.11 bits per heavy atom. The molecule has 2 aliphatic rings. The van der Waals surface area contributed by atoms with Gasteiger partial charge >= 0.3 is 12.0 Å². The van der Waals surface area contributed by atoms with Crippen LogP contribution < -0.4 is 20.1 Å². The molecule has 0 saturated carbocycles. The van der Waals surface area contributed by atoms with Gasteiger partial charge in [-0.3, -0.25) is 9.59 Å². The van der Waals surface area contributed by atoms with Crippen LogP contribution in [0.2, 0.25) is 0 Å². The maximum absolute atomic E-state index is 13.8. The number of nitrogens with one attached hydrogen (secondary N) is 2. The minimum absolute atomic E-state index is 0.170. The van der Waals surface area contributed by atoms with Crippen molar-refractivity contribution in [1.29, 1.82) is 0 Å². The fraction of sp³-hybridized carbons (Fsp3) is 0.444. The molecule has 0 aliphatic carbocycles. The molecule has 0 radical (unpaired) electrons. The lowest BCUT2D eigenvalue weighted by atomic mass is 9.93. The van der Waals surface area contributed by atoms with Gasteiger partial charge in [-0.05, 0) is 55.3 Å². The number of methoxy groups -OCH3 is 2. The normalized spacial score (nSPS) is 21.3. The molecule has 2 N–H and O–H groups in total. The van der Waals surface area contributed by atoms with Gasteiger partial charge in [-0.2, -0.15) is 0 Å². The van der Waals surface area contributed by atoms with Gasteiger partial charge in [0.2, 0.25) is 5.91 Å². The summed E-state index contributed by atoms with van der Waals surface area (Å²) in [6.45, 7) is 4.40. The molecule has 4 rings (SSSR count). The highest BCUT2D eigenvalue weighted by molar-refractivity contribution is 5.96. The van der Waals surface area contributed by atoms with E-state index in [1.165, 1.54) is 4.90 Å². The maximum Gasteiger partial charge on any atom is 0.323 e. The standard InChI is InChI=1S/C27H34N4O6/c1-4-37-26(33)22-17-23(25(32)30-15-13-28-14-16-30)31(24(22)18-5-9-20(35-2)10-6-18)27(34)29-19-7-11-21(36-3)12-8-19/h5-12,22-24,28H,4,13-17H2,1-3H3,(H,29,34). The van der Waals surface area contributed by atoms with E-state index < -0.39 is 30.0 Å². The molecule has 0 aromatic heterocycles. The molecular formula is C27H34N4O6. The molecule has 2 aromatic rings. The van der Waals surface area contributed by atoms with Gasteiger partial charge in [0.15, 0.2) is 0 Å². The summed E-state index contributed by atoms with van der Waals surface area (Å²) in [6.07, 6.45) is 0.175. The van der Waals surface area contributed by atoms with E-state index >= 15 is 0 Å². The minimum Gasteiger partial charge on any atom is -0.497 e. The van der Waals surface area contributed by atoms with Crippen molar-refractivity contribution in [2.24, 2.45) is 5.92 Å². The third-order valence-corrected chi connectivity index (χ3v) is 6.83. The number of hydrogen-bond acceptors (Lipinski definition) is 7. The summed E-state index contributed by atoms with van der Waals surface area (Å²) in [5.74, 6) is 0.00576. The van der Waals surface area contributed by atoms with Crippen molar-refractivity contribution >= 4 is 23.6 Å². The van der Waals surface area contributed by atoms with Gasteiger partial charge in [0.1, 0.15) is 17.5 Å². The molecule has 0 bridgehead atoms. The average molecular weight is 511 g/mol. The highest BCUT2D eigenvalue weighted by Crippen LogP contribution is 2.43. The number of anilines is 1. The number of esters is 1. The zero-order valence-corrected chi connectivity index (χ0v) is 21.4. The van der Waals surface area contributed by atoms with E-state index in [0.29, 0.717) is 43.4 Å². The first-order valence-corrected chi connectivity index (χ1v) is 12.5. The Bertz CT molecular complexity index is 1090. The fourth-order valence-electron chi connectivity index (χ4n) is 4.99. The van der Waals surface area contributed by atoms with Gasteiger partial charge in [-0.15, -0.1) is 0 Å². The number of hydrogen-bond donors (Lipinski definition) is 2. The average Bonchev–Trinajstić information content (AvgIpc) is 3.35. The van der Waals surface area contributed by atoms with E-state index in [0.717, 1.165) is 5.56 Å². The van der Waals surface area contributed by atoms with Gasteiger partial charge in [0.25, 0.3) is 0 Å². The molecule has 3 unspecified atom stereocenters. The van der Waals surface area contributed by atoms with E-state index in [4.69, 9.17) is 14.2 Å². The van der Waals surface area contributed by atoms with E-state index in [1.54, 1.807) is 62.4 Å². The molecule has 10 heteroatoms. The van der Waals surface area contributed by atoms with Crippen LogP contribution in [0.3, 0.4) is 0 Å². The number of benzene rings is 2. The summed E-state index contributed by atoms with van der Waals surface area (Å²) >= 11 is 0. The maximum atomic E-state index is 13.8. The zero-order valence-electron chi connectivity index (χ0n) is 21.4. The monoisotopic (exact) mass is 510 g/mol. The Morgan fingerprint density at radius 2 is 1.54 bits per heavy atom. The molecule has 2 heterocycles. The molecule has 3 amide bonds. The SMILES string of the molecule is CCOC(=O)C1CC(C(=O)N2CCNCC2)N(C(=O)Nc2ccc(OC)cc2)C1c1ccc(OC)cc1. The van der Waals surface area contributed by atoms with Crippen LogP contribution in [0.4, 0.5) is 10.5 Å². The van der Waals surface area contributed by atoms with Crippen LogP contribution in [0, 0.1) is 5.92 Å². The number of urea groups is 1. The van der Waals surface area contributed by atoms with Gasteiger partial charge in [0.05, 0.1) is 32.8 Å². The number of carbonyl (C=O) groups is 3. The lowest BCUT2D eigenvalue weighted by molar-refractivity contribution is -0.148. The lowest BCUT2D eigenvalue weighted by Crippen LogP contribution is -2.54. The quantitative estimate of drug-likeness (QED) is 0.551. The highest BCUT2D eigenvalue weighted by atomic mass is 16.5. The first-order valence-electron chi connectivity index (χ1n) is 12.5. The van der Waals surface area contributed by atoms with Crippen LogP contribution in [0.15, 0.2) is 48.5 Å². The molecule has 198 valence electrons. The summed E-state index contributed by atoms with van der Waals surface area (Å²) in [6, 6.07) is 12.2. The smallest absolute Gasteiger partial charge is 0.323 e. The number of carbonyl (C=O) groups excluding carboxylic acids is 3. The summed E-state index contributed by atoms with van der Waals surface area (Å²) in [4.78, 5) is 44.0. The largest absolute Gasteiger partial charge is 0.497 e. The van der Waals surface area contributed by atoms with Gasteiger partial charge in [-0.1, -0.05) is 12.1 Å². The van der Waals surface area contributed by atoms with Crippen LogP contribution in [-0.2, 0) is 14.3 Å². The van der Waals surface area contributed by atoms with Crippen molar-refractivity contribution in [3.8, 4) is 11.5 Å². The Morgan fingerprint density at radius 1 is 0.946 bits per heavy atom. The molecule has 2 saturated heterocycles. The summed E-state index contributed by atoms with van der Waals surface area (Å²) in [5, 5.41) is 6.15. The molecule has 0 spiro atoms. The predicted octanol–water partition coefficient (Wildman–Crippen LogP) is 2.66. The van der Waals surface area contributed by atoms with Crippen LogP contribution >= 0.6 is 0 Å². The van der Waals surface area contributed by atoms with Gasteiger partial charge in [-0.25, -0.2) is 4.79 Å². The Kier molecular flexibility index (Phi) is 8.50. The number of rotatable bonds is 7. The second kappa shape index (κ2) is 12.0. The van der Waals surface area contributed by atoms with E-state index in [2.05, 4.69) is 10.6 Å². The number of amides is 3.